The summed E-state index contributed by atoms with van der Waals surface area (Å²) in [6.07, 6.45) is 0.329. The molecule has 1 N–H and O–H groups in total. The average molecular weight is 430 g/mol. The van der Waals surface area contributed by atoms with Gasteiger partial charge in [0.25, 0.3) is 0 Å². The molecule has 1 atom stereocenters. The van der Waals surface area contributed by atoms with Crippen molar-refractivity contribution in [2.75, 3.05) is 16.8 Å². The lowest BCUT2D eigenvalue weighted by Gasteiger charge is -2.38. The lowest BCUT2D eigenvalue weighted by molar-refractivity contribution is -0.116. The van der Waals surface area contributed by atoms with E-state index >= 15 is 0 Å². The van der Waals surface area contributed by atoms with E-state index in [1.807, 2.05) is 42.5 Å². The van der Waals surface area contributed by atoms with Crippen LogP contribution in [0.15, 0.2) is 72.8 Å². The number of benzene rings is 3. The van der Waals surface area contributed by atoms with Gasteiger partial charge in [-0.15, -0.1) is 0 Å². The van der Waals surface area contributed by atoms with Gasteiger partial charge < -0.3 is 15.0 Å². The van der Waals surface area contributed by atoms with Gasteiger partial charge in [-0.05, 0) is 42.3 Å². The van der Waals surface area contributed by atoms with E-state index in [-0.39, 0.29) is 11.9 Å². The Bertz CT molecular complexity index is 1190. The molecule has 1 aromatic heterocycles. The predicted octanol–water partition coefficient (Wildman–Crippen LogP) is 5.40. The quantitative estimate of drug-likeness (QED) is 0.461. The lowest BCUT2D eigenvalue weighted by Crippen LogP contribution is -2.44. The maximum Gasteiger partial charge on any atom is 0.228 e. The van der Waals surface area contributed by atoms with Crippen LogP contribution in [0.4, 0.5) is 10.8 Å². The summed E-state index contributed by atoms with van der Waals surface area (Å²) in [7, 11) is 0. The molecule has 1 aliphatic rings. The first kappa shape index (κ1) is 19.6. The van der Waals surface area contributed by atoms with Crippen LogP contribution in [0.5, 0.6) is 5.75 Å². The molecule has 2 heterocycles. The number of ether oxygens (including phenoxy) is 1. The monoisotopic (exact) mass is 429 g/mol. The zero-order chi connectivity index (χ0) is 21.2. The molecular formula is C25H23N3O2S. The van der Waals surface area contributed by atoms with E-state index in [9.17, 15) is 4.79 Å². The van der Waals surface area contributed by atoms with Crippen molar-refractivity contribution >= 4 is 38.3 Å². The van der Waals surface area contributed by atoms with E-state index in [0.717, 1.165) is 33.8 Å². The Morgan fingerprint density at radius 1 is 1.13 bits per heavy atom. The van der Waals surface area contributed by atoms with Crippen LogP contribution in [-0.4, -0.2) is 23.5 Å². The van der Waals surface area contributed by atoms with Crippen molar-refractivity contribution in [3.8, 4) is 5.75 Å². The molecule has 5 nitrogen and oxygen atoms in total. The number of rotatable bonds is 5. The molecule has 0 radical (unpaired) electrons. The van der Waals surface area contributed by atoms with Gasteiger partial charge in [-0.1, -0.05) is 59.9 Å². The van der Waals surface area contributed by atoms with Gasteiger partial charge in [0.2, 0.25) is 5.91 Å². The number of nitrogens with one attached hydrogen (secondary N) is 1. The second-order valence-electron chi connectivity index (χ2n) is 7.79. The highest BCUT2D eigenvalue weighted by Gasteiger charge is 2.30. The van der Waals surface area contributed by atoms with Crippen molar-refractivity contribution in [2.24, 2.45) is 0 Å². The van der Waals surface area contributed by atoms with E-state index in [0.29, 0.717) is 18.2 Å². The molecule has 5 rings (SSSR count). The Balaban J connectivity index is 1.37. The third-order valence-corrected chi connectivity index (χ3v) is 6.41. The maximum absolute atomic E-state index is 12.9. The number of aryl methyl sites for hydroxylation is 1. The third kappa shape index (κ3) is 4.25. The zero-order valence-corrected chi connectivity index (χ0v) is 18.1. The molecule has 4 aromatic rings. The molecule has 0 bridgehead atoms. The molecule has 0 fully saturated rings. The summed E-state index contributed by atoms with van der Waals surface area (Å²) >= 11 is 1.49. The second-order valence-corrected chi connectivity index (χ2v) is 8.82. The van der Waals surface area contributed by atoms with Gasteiger partial charge in [-0.3, -0.25) is 4.79 Å². The standard InChI is InChI=1S/C25H23N3O2S/c1-17-11-12-21-22(13-17)30-16-19(28(21)15-18-7-3-2-4-8-18)14-24(29)27-25-26-20-9-5-6-10-23(20)31-25/h2-13,19H,14-16H2,1H3,(H,26,27,29). The number of nitrogens with zero attached hydrogens (tertiary/aromatic N) is 2. The van der Waals surface area contributed by atoms with Crippen LogP contribution in [-0.2, 0) is 11.3 Å². The van der Waals surface area contributed by atoms with Crippen LogP contribution in [0.3, 0.4) is 0 Å². The van der Waals surface area contributed by atoms with Gasteiger partial charge in [0.15, 0.2) is 5.13 Å². The van der Waals surface area contributed by atoms with Gasteiger partial charge in [-0.2, -0.15) is 0 Å². The smallest absolute Gasteiger partial charge is 0.228 e. The van der Waals surface area contributed by atoms with Crippen LogP contribution >= 0.6 is 11.3 Å². The molecule has 0 aliphatic carbocycles. The predicted molar refractivity (Wildman–Crippen MR) is 126 cm³/mol. The number of carbonyl (C=O) groups is 1. The van der Waals surface area contributed by atoms with Gasteiger partial charge in [-0.25, -0.2) is 4.98 Å². The molecule has 31 heavy (non-hydrogen) atoms. The Labute approximate surface area is 185 Å². The Morgan fingerprint density at radius 2 is 1.94 bits per heavy atom. The highest BCUT2D eigenvalue weighted by atomic mass is 32.1. The first-order chi connectivity index (χ1) is 15.2. The fourth-order valence-electron chi connectivity index (χ4n) is 3.92. The number of anilines is 2. The van der Waals surface area contributed by atoms with Gasteiger partial charge in [0.05, 0.1) is 28.4 Å². The highest BCUT2D eigenvalue weighted by Crippen LogP contribution is 2.36. The van der Waals surface area contributed by atoms with Crippen LogP contribution in [0.1, 0.15) is 17.5 Å². The molecule has 156 valence electrons. The van der Waals surface area contributed by atoms with Gasteiger partial charge in [0.1, 0.15) is 12.4 Å². The first-order valence-electron chi connectivity index (χ1n) is 10.4. The Hall–Kier alpha value is -3.38. The van der Waals surface area contributed by atoms with E-state index in [4.69, 9.17) is 4.74 Å². The second kappa shape index (κ2) is 8.40. The Kier molecular flexibility index (Phi) is 5.30. The van der Waals surface area contributed by atoms with Crippen molar-refractivity contribution < 1.29 is 9.53 Å². The lowest BCUT2D eigenvalue weighted by atomic mass is 10.1. The van der Waals surface area contributed by atoms with Gasteiger partial charge in [0, 0.05) is 6.54 Å². The van der Waals surface area contributed by atoms with Crippen molar-refractivity contribution in [1.82, 2.24) is 4.98 Å². The summed E-state index contributed by atoms with van der Waals surface area (Å²) in [5, 5.41) is 3.62. The first-order valence-corrected chi connectivity index (χ1v) is 11.2. The van der Waals surface area contributed by atoms with E-state index in [1.54, 1.807) is 0 Å². The van der Waals surface area contributed by atoms with Crippen molar-refractivity contribution in [3.05, 3.63) is 83.9 Å². The maximum atomic E-state index is 12.9. The number of amides is 1. The number of para-hydroxylation sites is 1. The van der Waals surface area contributed by atoms with E-state index < -0.39 is 0 Å². The van der Waals surface area contributed by atoms with Crippen molar-refractivity contribution in [1.29, 1.82) is 0 Å². The summed E-state index contributed by atoms with van der Waals surface area (Å²) < 4.78 is 7.11. The summed E-state index contributed by atoms with van der Waals surface area (Å²) in [4.78, 5) is 19.7. The summed E-state index contributed by atoms with van der Waals surface area (Å²) in [6, 6.07) is 24.4. The summed E-state index contributed by atoms with van der Waals surface area (Å²) in [6.45, 7) is 3.25. The molecule has 1 unspecified atom stereocenters. The number of carbonyl (C=O) groups excluding carboxylic acids is 1. The highest BCUT2D eigenvalue weighted by molar-refractivity contribution is 7.22. The normalized spacial score (nSPS) is 15.4. The largest absolute Gasteiger partial charge is 0.489 e. The molecule has 0 saturated carbocycles. The van der Waals surface area contributed by atoms with E-state index in [2.05, 4.69) is 52.5 Å². The minimum Gasteiger partial charge on any atom is -0.489 e. The number of fused-ring (bicyclic) bond motifs is 2. The molecule has 1 amide bonds. The van der Waals surface area contributed by atoms with Crippen molar-refractivity contribution in [2.45, 2.75) is 25.9 Å². The van der Waals surface area contributed by atoms with E-state index in [1.165, 1.54) is 16.9 Å². The molecule has 0 spiro atoms. The minimum absolute atomic E-state index is 0.0544. The zero-order valence-electron chi connectivity index (χ0n) is 17.2. The van der Waals surface area contributed by atoms with Crippen molar-refractivity contribution in [3.63, 3.8) is 0 Å². The fourth-order valence-corrected chi connectivity index (χ4v) is 4.80. The molecule has 6 heteroatoms. The number of aromatic nitrogens is 1. The molecule has 1 aliphatic heterocycles. The topological polar surface area (TPSA) is 54.5 Å². The van der Waals surface area contributed by atoms with Crippen LogP contribution in [0, 0.1) is 6.92 Å². The summed E-state index contributed by atoms with van der Waals surface area (Å²) in [5.41, 5.74) is 4.29. The third-order valence-electron chi connectivity index (χ3n) is 5.45. The number of hydrogen-bond donors (Lipinski definition) is 1. The van der Waals surface area contributed by atoms with Crippen LogP contribution in [0.25, 0.3) is 10.2 Å². The summed E-state index contributed by atoms with van der Waals surface area (Å²) in [5.74, 6) is 0.819. The SMILES string of the molecule is Cc1ccc2c(c1)OCC(CC(=O)Nc1nc3ccccc3s1)N2Cc1ccccc1. The number of hydrogen-bond acceptors (Lipinski definition) is 5. The van der Waals surface area contributed by atoms with Crippen LogP contribution in [0.2, 0.25) is 0 Å². The Morgan fingerprint density at radius 3 is 2.77 bits per heavy atom. The number of thiazole rings is 1. The fraction of sp³-hybridized carbons (Fsp3) is 0.200. The molecular weight excluding hydrogens is 406 g/mol. The van der Waals surface area contributed by atoms with Crippen LogP contribution < -0.4 is 15.0 Å². The average Bonchev–Trinajstić information content (AvgIpc) is 3.18. The molecule has 0 saturated heterocycles. The minimum atomic E-state index is -0.0650. The van der Waals surface area contributed by atoms with Gasteiger partial charge >= 0.3 is 0 Å². The molecule has 3 aromatic carbocycles.